The standard InChI is InChI=1S/C13H18ClNO/c1-9(15)7-11-12(14)3-2-4-13(11)16-8-10-5-6-10/h2-4,9-10H,5-8,15H2,1H3. The highest BCUT2D eigenvalue weighted by Crippen LogP contribution is 2.32. The summed E-state index contributed by atoms with van der Waals surface area (Å²) in [5.74, 6) is 1.65. The van der Waals surface area contributed by atoms with Gasteiger partial charge in [-0.15, -0.1) is 0 Å². The van der Waals surface area contributed by atoms with Crippen molar-refractivity contribution in [3.63, 3.8) is 0 Å². The topological polar surface area (TPSA) is 35.2 Å². The Morgan fingerprint density at radius 1 is 1.50 bits per heavy atom. The third-order valence-electron chi connectivity index (χ3n) is 2.77. The number of benzene rings is 1. The minimum Gasteiger partial charge on any atom is -0.493 e. The number of ether oxygens (including phenoxy) is 1. The van der Waals surface area contributed by atoms with Crippen molar-refractivity contribution >= 4 is 11.6 Å². The fraction of sp³-hybridized carbons (Fsp3) is 0.538. The molecular formula is C13H18ClNO. The van der Waals surface area contributed by atoms with E-state index in [0.29, 0.717) is 0 Å². The molecule has 0 spiro atoms. The van der Waals surface area contributed by atoms with Gasteiger partial charge in [0.25, 0.3) is 0 Å². The molecule has 0 radical (unpaired) electrons. The third-order valence-corrected chi connectivity index (χ3v) is 3.13. The zero-order valence-corrected chi connectivity index (χ0v) is 10.3. The summed E-state index contributed by atoms with van der Waals surface area (Å²) in [5.41, 5.74) is 6.86. The van der Waals surface area contributed by atoms with Crippen molar-refractivity contribution in [2.75, 3.05) is 6.61 Å². The summed E-state index contributed by atoms with van der Waals surface area (Å²) in [6.07, 6.45) is 3.35. The van der Waals surface area contributed by atoms with Gasteiger partial charge in [0.2, 0.25) is 0 Å². The first kappa shape index (κ1) is 11.7. The lowest BCUT2D eigenvalue weighted by atomic mass is 10.1. The number of rotatable bonds is 5. The Morgan fingerprint density at radius 3 is 2.88 bits per heavy atom. The van der Waals surface area contributed by atoms with Gasteiger partial charge in [-0.05, 0) is 44.2 Å². The van der Waals surface area contributed by atoms with E-state index in [0.717, 1.165) is 35.3 Å². The van der Waals surface area contributed by atoms with Crippen LogP contribution in [-0.4, -0.2) is 12.6 Å². The maximum Gasteiger partial charge on any atom is 0.124 e. The molecule has 0 saturated heterocycles. The lowest BCUT2D eigenvalue weighted by Gasteiger charge is -2.14. The van der Waals surface area contributed by atoms with Gasteiger partial charge in [0.05, 0.1) is 6.61 Å². The van der Waals surface area contributed by atoms with E-state index in [9.17, 15) is 0 Å². The van der Waals surface area contributed by atoms with Crippen molar-refractivity contribution in [3.05, 3.63) is 28.8 Å². The molecule has 3 heteroatoms. The maximum absolute atomic E-state index is 6.17. The van der Waals surface area contributed by atoms with Gasteiger partial charge in [-0.1, -0.05) is 17.7 Å². The average molecular weight is 240 g/mol. The van der Waals surface area contributed by atoms with Crippen LogP contribution in [0.2, 0.25) is 5.02 Å². The fourth-order valence-electron chi connectivity index (χ4n) is 1.69. The van der Waals surface area contributed by atoms with E-state index in [2.05, 4.69) is 0 Å². The van der Waals surface area contributed by atoms with Crippen molar-refractivity contribution in [2.24, 2.45) is 11.7 Å². The minimum absolute atomic E-state index is 0.100. The van der Waals surface area contributed by atoms with Crippen LogP contribution in [0.15, 0.2) is 18.2 Å². The molecule has 1 unspecified atom stereocenters. The highest BCUT2D eigenvalue weighted by atomic mass is 35.5. The van der Waals surface area contributed by atoms with Gasteiger partial charge in [0.15, 0.2) is 0 Å². The molecule has 1 atom stereocenters. The number of hydrogen-bond donors (Lipinski definition) is 1. The van der Waals surface area contributed by atoms with Gasteiger partial charge < -0.3 is 10.5 Å². The van der Waals surface area contributed by atoms with Gasteiger partial charge in [-0.25, -0.2) is 0 Å². The first-order chi connectivity index (χ1) is 7.66. The SMILES string of the molecule is CC(N)Cc1c(Cl)cccc1OCC1CC1. The van der Waals surface area contributed by atoms with Gasteiger partial charge in [-0.2, -0.15) is 0 Å². The van der Waals surface area contributed by atoms with Crippen LogP contribution in [0.5, 0.6) is 5.75 Å². The zero-order chi connectivity index (χ0) is 11.5. The summed E-state index contributed by atoms with van der Waals surface area (Å²) in [5, 5.41) is 0.755. The van der Waals surface area contributed by atoms with E-state index in [-0.39, 0.29) is 6.04 Å². The molecule has 0 amide bonds. The molecule has 0 aliphatic heterocycles. The van der Waals surface area contributed by atoms with E-state index in [1.807, 2.05) is 25.1 Å². The largest absolute Gasteiger partial charge is 0.493 e. The molecule has 0 bridgehead atoms. The predicted octanol–water partition coefficient (Wildman–Crippen LogP) is 3.02. The highest BCUT2D eigenvalue weighted by molar-refractivity contribution is 6.31. The lowest BCUT2D eigenvalue weighted by Crippen LogP contribution is -2.18. The molecule has 1 fully saturated rings. The summed E-state index contributed by atoms with van der Waals surface area (Å²) in [7, 11) is 0. The molecule has 1 aliphatic rings. The summed E-state index contributed by atoms with van der Waals surface area (Å²) in [6.45, 7) is 2.79. The first-order valence-corrected chi connectivity index (χ1v) is 6.20. The van der Waals surface area contributed by atoms with E-state index in [4.69, 9.17) is 22.1 Å². The smallest absolute Gasteiger partial charge is 0.124 e. The first-order valence-electron chi connectivity index (χ1n) is 5.82. The van der Waals surface area contributed by atoms with Crippen LogP contribution in [-0.2, 0) is 6.42 Å². The normalized spacial score (nSPS) is 17.2. The predicted molar refractivity (Wildman–Crippen MR) is 67.0 cm³/mol. The van der Waals surface area contributed by atoms with E-state index in [1.54, 1.807) is 0 Å². The summed E-state index contributed by atoms with van der Waals surface area (Å²) < 4.78 is 5.80. The molecule has 1 aromatic rings. The quantitative estimate of drug-likeness (QED) is 0.857. The minimum atomic E-state index is 0.100. The molecule has 0 aromatic heterocycles. The van der Waals surface area contributed by atoms with Gasteiger partial charge in [0.1, 0.15) is 5.75 Å². The molecule has 2 rings (SSSR count). The average Bonchev–Trinajstić information content (AvgIpc) is 3.02. The number of hydrogen-bond acceptors (Lipinski definition) is 2. The zero-order valence-electron chi connectivity index (χ0n) is 9.58. The van der Waals surface area contributed by atoms with Gasteiger partial charge >= 0.3 is 0 Å². The van der Waals surface area contributed by atoms with Crippen LogP contribution in [0.4, 0.5) is 0 Å². The molecule has 2 N–H and O–H groups in total. The number of nitrogens with two attached hydrogens (primary N) is 1. The lowest BCUT2D eigenvalue weighted by molar-refractivity contribution is 0.296. The Hall–Kier alpha value is -0.730. The second-order valence-electron chi connectivity index (χ2n) is 4.65. The Labute approximate surface area is 102 Å². The second kappa shape index (κ2) is 5.07. The van der Waals surface area contributed by atoms with Crippen LogP contribution in [0.25, 0.3) is 0 Å². The molecule has 16 heavy (non-hydrogen) atoms. The molecule has 1 saturated carbocycles. The monoisotopic (exact) mass is 239 g/mol. The van der Waals surface area contributed by atoms with Crippen LogP contribution >= 0.6 is 11.6 Å². The van der Waals surface area contributed by atoms with Crippen molar-refractivity contribution in [2.45, 2.75) is 32.2 Å². The van der Waals surface area contributed by atoms with E-state index in [1.165, 1.54) is 12.8 Å². The van der Waals surface area contributed by atoms with Crippen LogP contribution < -0.4 is 10.5 Å². The highest BCUT2D eigenvalue weighted by Gasteiger charge is 2.22. The second-order valence-corrected chi connectivity index (χ2v) is 5.06. The van der Waals surface area contributed by atoms with Crippen molar-refractivity contribution in [3.8, 4) is 5.75 Å². The molecular weight excluding hydrogens is 222 g/mol. The summed E-state index contributed by atoms with van der Waals surface area (Å²) >= 11 is 6.17. The Morgan fingerprint density at radius 2 is 2.25 bits per heavy atom. The van der Waals surface area contributed by atoms with Gasteiger partial charge in [0, 0.05) is 16.6 Å². The Bertz CT molecular complexity index is 361. The van der Waals surface area contributed by atoms with Gasteiger partial charge in [-0.3, -0.25) is 0 Å². The Balaban J connectivity index is 2.10. The fourth-order valence-corrected chi connectivity index (χ4v) is 1.93. The van der Waals surface area contributed by atoms with E-state index >= 15 is 0 Å². The molecule has 0 heterocycles. The maximum atomic E-state index is 6.17. The van der Waals surface area contributed by atoms with Crippen molar-refractivity contribution < 1.29 is 4.74 Å². The summed E-state index contributed by atoms with van der Waals surface area (Å²) in [4.78, 5) is 0. The molecule has 1 aromatic carbocycles. The van der Waals surface area contributed by atoms with Crippen LogP contribution in [0.3, 0.4) is 0 Å². The molecule has 88 valence electrons. The molecule has 2 nitrogen and oxygen atoms in total. The van der Waals surface area contributed by atoms with E-state index < -0.39 is 0 Å². The van der Waals surface area contributed by atoms with Crippen LogP contribution in [0, 0.1) is 5.92 Å². The molecule has 1 aliphatic carbocycles. The third kappa shape index (κ3) is 3.13. The number of halogens is 1. The summed E-state index contributed by atoms with van der Waals surface area (Å²) in [6, 6.07) is 5.90. The van der Waals surface area contributed by atoms with Crippen LogP contribution in [0.1, 0.15) is 25.3 Å². The van der Waals surface area contributed by atoms with Crippen molar-refractivity contribution in [1.82, 2.24) is 0 Å². The van der Waals surface area contributed by atoms with Crippen molar-refractivity contribution in [1.29, 1.82) is 0 Å². The Kier molecular flexibility index (Phi) is 3.72.